The highest BCUT2D eigenvalue weighted by atomic mass is 35.5. The Morgan fingerprint density at radius 3 is 2.50 bits per heavy atom. The van der Waals surface area contributed by atoms with Crippen LogP contribution in [0.25, 0.3) is 0 Å². The summed E-state index contributed by atoms with van der Waals surface area (Å²) >= 11 is 7.16. The molecule has 2 aromatic rings. The van der Waals surface area contributed by atoms with E-state index in [1.807, 2.05) is 24.3 Å². The molecule has 0 aliphatic carbocycles. The van der Waals surface area contributed by atoms with Crippen molar-refractivity contribution in [3.63, 3.8) is 0 Å². The van der Waals surface area contributed by atoms with Crippen molar-refractivity contribution >= 4 is 35.2 Å². The van der Waals surface area contributed by atoms with Crippen LogP contribution < -0.4 is 15.6 Å². The molecule has 126 valence electrons. The van der Waals surface area contributed by atoms with Gasteiger partial charge in [0.05, 0.1) is 19.3 Å². The standard InChI is InChI=1S/C17H17ClN2O3S/c1-23-14-4-2-3-12(9-14)10-16(21)19-20-17(22)11-24-15-7-5-13(18)6-8-15/h2-9H,10-11H2,1H3,(H,19,21)(H,20,22). The summed E-state index contributed by atoms with van der Waals surface area (Å²) in [5.41, 5.74) is 5.60. The number of carbonyl (C=O) groups excluding carboxylic acids is 2. The molecule has 7 heteroatoms. The van der Waals surface area contributed by atoms with E-state index in [-0.39, 0.29) is 24.0 Å². The molecule has 0 spiro atoms. The fourth-order valence-electron chi connectivity index (χ4n) is 1.87. The summed E-state index contributed by atoms with van der Waals surface area (Å²) in [6.07, 6.45) is 0.155. The summed E-state index contributed by atoms with van der Waals surface area (Å²) in [5.74, 6) is 0.298. The van der Waals surface area contributed by atoms with Gasteiger partial charge < -0.3 is 4.74 Å². The lowest BCUT2D eigenvalue weighted by molar-refractivity contribution is -0.127. The first kappa shape index (κ1) is 18.2. The fourth-order valence-corrected chi connectivity index (χ4v) is 2.69. The fraction of sp³-hybridized carbons (Fsp3) is 0.176. The second-order valence-electron chi connectivity index (χ2n) is 4.87. The Balaban J connectivity index is 1.72. The van der Waals surface area contributed by atoms with E-state index in [4.69, 9.17) is 16.3 Å². The van der Waals surface area contributed by atoms with E-state index in [9.17, 15) is 9.59 Å². The monoisotopic (exact) mass is 364 g/mol. The molecule has 0 aliphatic heterocycles. The summed E-state index contributed by atoms with van der Waals surface area (Å²) in [7, 11) is 1.57. The molecule has 24 heavy (non-hydrogen) atoms. The molecule has 0 unspecified atom stereocenters. The molecule has 2 N–H and O–H groups in total. The Morgan fingerprint density at radius 2 is 1.79 bits per heavy atom. The number of thioether (sulfide) groups is 1. The van der Waals surface area contributed by atoms with Gasteiger partial charge in [0.25, 0.3) is 0 Å². The van der Waals surface area contributed by atoms with Crippen molar-refractivity contribution in [2.45, 2.75) is 11.3 Å². The quantitative estimate of drug-likeness (QED) is 0.611. The molecular formula is C17H17ClN2O3S. The number of amides is 2. The van der Waals surface area contributed by atoms with Crippen molar-refractivity contribution in [2.24, 2.45) is 0 Å². The van der Waals surface area contributed by atoms with E-state index in [1.54, 1.807) is 31.4 Å². The Morgan fingerprint density at radius 1 is 1.08 bits per heavy atom. The molecule has 0 heterocycles. The molecule has 0 aromatic heterocycles. The summed E-state index contributed by atoms with van der Waals surface area (Å²) in [5, 5.41) is 0.647. The van der Waals surface area contributed by atoms with Crippen molar-refractivity contribution in [2.75, 3.05) is 12.9 Å². The number of ether oxygens (including phenoxy) is 1. The zero-order chi connectivity index (χ0) is 17.4. The number of benzene rings is 2. The lowest BCUT2D eigenvalue weighted by atomic mass is 10.1. The van der Waals surface area contributed by atoms with Crippen molar-refractivity contribution in [3.8, 4) is 5.75 Å². The zero-order valence-corrected chi connectivity index (χ0v) is 14.6. The molecular weight excluding hydrogens is 348 g/mol. The predicted octanol–water partition coefficient (Wildman–Crippen LogP) is 2.83. The van der Waals surface area contributed by atoms with Crippen LogP contribution in [0.3, 0.4) is 0 Å². The number of hydrogen-bond acceptors (Lipinski definition) is 4. The second-order valence-corrected chi connectivity index (χ2v) is 6.35. The normalized spacial score (nSPS) is 10.1. The first-order valence-corrected chi connectivity index (χ1v) is 8.52. The van der Waals surface area contributed by atoms with E-state index in [1.165, 1.54) is 11.8 Å². The summed E-state index contributed by atoms with van der Waals surface area (Å²) in [4.78, 5) is 24.5. The molecule has 0 saturated heterocycles. The average molecular weight is 365 g/mol. The minimum absolute atomic E-state index is 0.155. The van der Waals surface area contributed by atoms with E-state index >= 15 is 0 Å². The van der Waals surface area contributed by atoms with Gasteiger partial charge in [0.2, 0.25) is 11.8 Å². The highest BCUT2D eigenvalue weighted by Crippen LogP contribution is 2.19. The third-order valence-electron chi connectivity index (χ3n) is 3.02. The molecule has 2 amide bonds. The van der Waals surface area contributed by atoms with Gasteiger partial charge in [-0.1, -0.05) is 23.7 Å². The van der Waals surface area contributed by atoms with Crippen LogP contribution in [-0.2, 0) is 16.0 Å². The van der Waals surface area contributed by atoms with Gasteiger partial charge in [-0.2, -0.15) is 0 Å². The van der Waals surface area contributed by atoms with E-state index in [2.05, 4.69) is 10.9 Å². The Kier molecular flexibility index (Phi) is 6.96. The third-order valence-corrected chi connectivity index (χ3v) is 4.29. The maximum Gasteiger partial charge on any atom is 0.248 e. The third kappa shape index (κ3) is 6.14. The number of hydrogen-bond donors (Lipinski definition) is 2. The van der Waals surface area contributed by atoms with Gasteiger partial charge in [0, 0.05) is 9.92 Å². The van der Waals surface area contributed by atoms with Gasteiger partial charge in [0.15, 0.2) is 0 Å². The number of rotatable bonds is 6. The van der Waals surface area contributed by atoms with Crippen LogP contribution in [0.2, 0.25) is 5.02 Å². The molecule has 0 bridgehead atoms. The van der Waals surface area contributed by atoms with Gasteiger partial charge in [-0.05, 0) is 42.0 Å². The van der Waals surface area contributed by atoms with Crippen LogP contribution in [0.15, 0.2) is 53.4 Å². The van der Waals surface area contributed by atoms with Crippen molar-refractivity contribution in [3.05, 3.63) is 59.1 Å². The van der Waals surface area contributed by atoms with Crippen molar-refractivity contribution in [1.82, 2.24) is 10.9 Å². The molecule has 0 atom stereocenters. The van der Waals surface area contributed by atoms with E-state index in [0.717, 1.165) is 10.5 Å². The Hall–Kier alpha value is -2.18. The lowest BCUT2D eigenvalue weighted by Crippen LogP contribution is -2.43. The predicted molar refractivity (Wildman–Crippen MR) is 95.2 cm³/mol. The Bertz CT molecular complexity index is 707. The van der Waals surface area contributed by atoms with Crippen molar-refractivity contribution in [1.29, 1.82) is 0 Å². The molecule has 0 saturated carbocycles. The van der Waals surface area contributed by atoms with Gasteiger partial charge in [-0.25, -0.2) is 0 Å². The first-order chi connectivity index (χ1) is 11.6. The Labute approximate surface area is 149 Å². The molecule has 2 aromatic carbocycles. The van der Waals surface area contributed by atoms with Crippen LogP contribution in [0.4, 0.5) is 0 Å². The number of hydrazine groups is 1. The topological polar surface area (TPSA) is 67.4 Å². The molecule has 5 nitrogen and oxygen atoms in total. The second kappa shape index (κ2) is 9.20. The number of carbonyl (C=O) groups is 2. The smallest absolute Gasteiger partial charge is 0.248 e. The summed E-state index contributed by atoms with van der Waals surface area (Å²) in [6, 6.07) is 14.4. The summed E-state index contributed by atoms with van der Waals surface area (Å²) < 4.78 is 5.10. The number of methoxy groups -OCH3 is 1. The average Bonchev–Trinajstić information content (AvgIpc) is 2.59. The van der Waals surface area contributed by atoms with Gasteiger partial charge in [-0.3, -0.25) is 20.4 Å². The number of halogens is 1. The largest absolute Gasteiger partial charge is 0.497 e. The minimum atomic E-state index is -0.298. The molecule has 0 aliphatic rings. The first-order valence-electron chi connectivity index (χ1n) is 7.16. The van der Waals surface area contributed by atoms with Gasteiger partial charge in [0.1, 0.15) is 5.75 Å². The van der Waals surface area contributed by atoms with Crippen LogP contribution in [-0.4, -0.2) is 24.7 Å². The van der Waals surface area contributed by atoms with Gasteiger partial charge in [-0.15, -0.1) is 11.8 Å². The van der Waals surface area contributed by atoms with Crippen molar-refractivity contribution < 1.29 is 14.3 Å². The maximum atomic E-state index is 11.8. The molecule has 0 fully saturated rings. The zero-order valence-electron chi connectivity index (χ0n) is 13.0. The van der Waals surface area contributed by atoms with Crippen LogP contribution in [0.5, 0.6) is 5.75 Å². The SMILES string of the molecule is COc1cccc(CC(=O)NNC(=O)CSc2ccc(Cl)cc2)c1. The van der Waals surface area contributed by atoms with Gasteiger partial charge >= 0.3 is 0 Å². The van der Waals surface area contributed by atoms with Crippen LogP contribution in [0.1, 0.15) is 5.56 Å². The summed E-state index contributed by atoms with van der Waals surface area (Å²) in [6.45, 7) is 0. The maximum absolute atomic E-state index is 11.8. The number of nitrogens with one attached hydrogen (secondary N) is 2. The molecule has 0 radical (unpaired) electrons. The van der Waals surface area contributed by atoms with Crippen LogP contribution >= 0.6 is 23.4 Å². The van der Waals surface area contributed by atoms with E-state index < -0.39 is 0 Å². The van der Waals surface area contributed by atoms with Crippen LogP contribution in [0, 0.1) is 0 Å². The van der Waals surface area contributed by atoms with E-state index in [0.29, 0.717) is 10.8 Å². The minimum Gasteiger partial charge on any atom is -0.497 e. The highest BCUT2D eigenvalue weighted by Gasteiger charge is 2.07. The highest BCUT2D eigenvalue weighted by molar-refractivity contribution is 8.00. The lowest BCUT2D eigenvalue weighted by Gasteiger charge is -2.08. The molecule has 2 rings (SSSR count).